The number of aromatic nitrogens is 2. The number of nitrogens with one attached hydrogen (secondary N) is 2. The van der Waals surface area contributed by atoms with Crippen LogP contribution in [0.4, 0.5) is 20.9 Å². The molecule has 1 amide bonds. The molecule has 0 saturated carbocycles. The summed E-state index contributed by atoms with van der Waals surface area (Å²) in [5.41, 5.74) is 1.67. The Balaban J connectivity index is 1.36. The lowest BCUT2D eigenvalue weighted by molar-refractivity contribution is -0.118. The van der Waals surface area contributed by atoms with Crippen molar-refractivity contribution in [3.8, 4) is 5.75 Å². The van der Waals surface area contributed by atoms with Crippen LogP contribution < -0.4 is 15.4 Å². The van der Waals surface area contributed by atoms with Gasteiger partial charge in [0.2, 0.25) is 5.13 Å². The summed E-state index contributed by atoms with van der Waals surface area (Å²) in [6, 6.07) is 10.9. The topological polar surface area (TPSA) is 93.2 Å². The highest BCUT2D eigenvalue weighted by atomic mass is 32.2. The van der Waals surface area contributed by atoms with E-state index in [1.807, 2.05) is 0 Å². The number of halogens is 1. The molecule has 4 rings (SSSR count). The SMILES string of the molecule is O=C1COc2ccc(C(=O)CSc3nnc(Nc4ccc(F)cc4)s3)cc2N1. The minimum absolute atomic E-state index is 0.0263. The van der Waals surface area contributed by atoms with E-state index in [4.69, 9.17) is 4.74 Å². The van der Waals surface area contributed by atoms with Gasteiger partial charge >= 0.3 is 0 Å². The summed E-state index contributed by atoms with van der Waals surface area (Å²) in [5.74, 6) is 0.0615. The minimum Gasteiger partial charge on any atom is -0.482 e. The quantitative estimate of drug-likeness (QED) is 0.467. The smallest absolute Gasteiger partial charge is 0.262 e. The van der Waals surface area contributed by atoms with Gasteiger partial charge in [-0.25, -0.2) is 4.39 Å². The number of ether oxygens (including phenoxy) is 1. The number of anilines is 3. The average Bonchev–Trinajstić information content (AvgIpc) is 3.14. The van der Waals surface area contributed by atoms with E-state index in [9.17, 15) is 14.0 Å². The summed E-state index contributed by atoms with van der Waals surface area (Å²) >= 11 is 2.57. The molecule has 1 aromatic heterocycles. The highest BCUT2D eigenvalue weighted by molar-refractivity contribution is 8.01. The molecule has 1 aliphatic rings. The maximum Gasteiger partial charge on any atom is 0.262 e. The standard InChI is InChI=1S/C18H13FN4O3S2/c19-11-2-4-12(5-3-11)20-17-22-23-18(28-17)27-9-14(24)10-1-6-15-13(7-10)21-16(25)8-26-15/h1-7H,8-9H2,(H,20,22)(H,21,25). The largest absolute Gasteiger partial charge is 0.482 e. The van der Waals surface area contributed by atoms with Crippen LogP contribution >= 0.6 is 23.1 Å². The maximum absolute atomic E-state index is 12.9. The second-order valence-corrected chi connectivity index (χ2v) is 7.96. The number of hydrogen-bond donors (Lipinski definition) is 2. The van der Waals surface area contributed by atoms with Crippen molar-refractivity contribution < 1.29 is 18.7 Å². The third kappa shape index (κ3) is 4.29. The Bertz CT molecular complexity index is 1040. The van der Waals surface area contributed by atoms with Crippen molar-refractivity contribution in [2.45, 2.75) is 4.34 Å². The van der Waals surface area contributed by atoms with E-state index in [-0.39, 0.29) is 29.9 Å². The van der Waals surface area contributed by atoms with Crippen LogP contribution in [0.25, 0.3) is 0 Å². The predicted octanol–water partition coefficient (Wildman–Crippen LogP) is 3.73. The monoisotopic (exact) mass is 416 g/mol. The molecule has 0 bridgehead atoms. The lowest BCUT2D eigenvalue weighted by Crippen LogP contribution is -2.25. The second-order valence-electron chi connectivity index (χ2n) is 5.76. The van der Waals surface area contributed by atoms with Gasteiger partial charge in [0, 0.05) is 11.3 Å². The van der Waals surface area contributed by atoms with Gasteiger partial charge < -0.3 is 15.4 Å². The molecule has 3 aromatic rings. The van der Waals surface area contributed by atoms with E-state index < -0.39 is 0 Å². The van der Waals surface area contributed by atoms with Gasteiger partial charge in [-0.3, -0.25) is 9.59 Å². The molecule has 7 nitrogen and oxygen atoms in total. The van der Waals surface area contributed by atoms with Gasteiger partial charge in [0.15, 0.2) is 16.7 Å². The number of nitrogens with zero attached hydrogens (tertiary/aromatic N) is 2. The van der Waals surface area contributed by atoms with Gasteiger partial charge in [-0.1, -0.05) is 23.1 Å². The first-order valence-electron chi connectivity index (χ1n) is 8.15. The zero-order valence-electron chi connectivity index (χ0n) is 14.3. The highest BCUT2D eigenvalue weighted by Gasteiger charge is 2.18. The van der Waals surface area contributed by atoms with E-state index >= 15 is 0 Å². The fourth-order valence-electron chi connectivity index (χ4n) is 2.44. The van der Waals surface area contributed by atoms with Crippen LogP contribution in [-0.4, -0.2) is 34.2 Å². The number of fused-ring (bicyclic) bond motifs is 1. The molecule has 28 heavy (non-hydrogen) atoms. The molecule has 0 fully saturated rings. The molecular formula is C18H13FN4O3S2. The zero-order chi connectivity index (χ0) is 19.5. The first kappa shape index (κ1) is 18.4. The summed E-state index contributed by atoms with van der Waals surface area (Å²) in [4.78, 5) is 23.9. The number of hydrogen-bond acceptors (Lipinski definition) is 8. The van der Waals surface area contributed by atoms with Crippen LogP contribution in [-0.2, 0) is 4.79 Å². The zero-order valence-corrected chi connectivity index (χ0v) is 15.9. The molecule has 10 heteroatoms. The number of carbonyl (C=O) groups is 2. The van der Waals surface area contributed by atoms with Gasteiger partial charge in [-0.15, -0.1) is 10.2 Å². The summed E-state index contributed by atoms with van der Waals surface area (Å²) in [7, 11) is 0. The fourth-order valence-corrected chi connectivity index (χ4v) is 4.11. The van der Waals surface area contributed by atoms with Crippen LogP contribution in [0, 0.1) is 5.82 Å². The first-order valence-corrected chi connectivity index (χ1v) is 9.96. The predicted molar refractivity (Wildman–Crippen MR) is 105 cm³/mol. The average molecular weight is 416 g/mol. The Morgan fingerprint density at radius 1 is 1.25 bits per heavy atom. The third-order valence-electron chi connectivity index (χ3n) is 3.76. The lowest BCUT2D eigenvalue weighted by Gasteiger charge is -2.18. The number of ketones is 1. The van der Waals surface area contributed by atoms with E-state index in [0.29, 0.717) is 32.2 Å². The lowest BCUT2D eigenvalue weighted by atomic mass is 10.1. The van der Waals surface area contributed by atoms with Gasteiger partial charge in [0.25, 0.3) is 5.91 Å². The second kappa shape index (κ2) is 7.95. The van der Waals surface area contributed by atoms with Crippen LogP contribution in [0.15, 0.2) is 46.8 Å². The van der Waals surface area contributed by atoms with Gasteiger partial charge in [0.05, 0.1) is 11.4 Å². The van der Waals surface area contributed by atoms with Gasteiger partial charge in [-0.05, 0) is 42.5 Å². The molecule has 2 N–H and O–H groups in total. The molecule has 0 radical (unpaired) electrons. The van der Waals surface area contributed by atoms with Crippen molar-refractivity contribution in [3.63, 3.8) is 0 Å². The molecule has 0 atom stereocenters. The molecule has 0 aliphatic carbocycles. The van der Waals surface area contributed by atoms with E-state index in [0.717, 1.165) is 0 Å². The molecule has 0 spiro atoms. The molecule has 0 saturated heterocycles. The number of amides is 1. The molecule has 0 unspecified atom stereocenters. The maximum atomic E-state index is 12.9. The summed E-state index contributed by atoms with van der Waals surface area (Å²) in [6.45, 7) is -0.0263. The Kier molecular flexibility index (Phi) is 5.22. The third-order valence-corrected chi connectivity index (χ3v) is 5.74. The Morgan fingerprint density at radius 2 is 2.07 bits per heavy atom. The van der Waals surface area contributed by atoms with Gasteiger partial charge in [-0.2, -0.15) is 0 Å². The number of benzene rings is 2. The van der Waals surface area contributed by atoms with Crippen LogP contribution in [0.3, 0.4) is 0 Å². The Labute approximate surface area is 167 Å². The number of thioether (sulfide) groups is 1. The minimum atomic E-state index is -0.314. The molecular weight excluding hydrogens is 403 g/mol. The Hall–Kier alpha value is -2.98. The number of carbonyl (C=O) groups excluding carboxylic acids is 2. The highest BCUT2D eigenvalue weighted by Crippen LogP contribution is 2.31. The first-order chi connectivity index (χ1) is 13.6. The van der Waals surface area contributed by atoms with Crippen molar-refractivity contribution in [1.29, 1.82) is 0 Å². The normalized spacial score (nSPS) is 12.7. The van der Waals surface area contributed by atoms with Crippen molar-refractivity contribution in [2.24, 2.45) is 0 Å². The summed E-state index contributed by atoms with van der Waals surface area (Å²) in [6.07, 6.45) is 0. The van der Waals surface area contributed by atoms with Gasteiger partial charge in [0.1, 0.15) is 11.6 Å². The van der Waals surface area contributed by atoms with E-state index in [1.54, 1.807) is 30.3 Å². The van der Waals surface area contributed by atoms with Crippen molar-refractivity contribution >= 4 is 51.3 Å². The number of Topliss-reactive ketones (excluding diaryl/α,β-unsaturated/α-hetero) is 1. The summed E-state index contributed by atoms with van der Waals surface area (Å²) in [5, 5.41) is 14.3. The fraction of sp³-hybridized carbons (Fsp3) is 0.111. The molecule has 1 aliphatic heterocycles. The van der Waals surface area contributed by atoms with E-state index in [1.165, 1.54) is 35.2 Å². The van der Waals surface area contributed by atoms with Crippen LogP contribution in [0.2, 0.25) is 0 Å². The molecule has 2 heterocycles. The molecule has 142 valence electrons. The van der Waals surface area contributed by atoms with Crippen LogP contribution in [0.1, 0.15) is 10.4 Å². The van der Waals surface area contributed by atoms with Crippen molar-refractivity contribution in [1.82, 2.24) is 10.2 Å². The number of rotatable bonds is 6. The van der Waals surface area contributed by atoms with Crippen molar-refractivity contribution in [2.75, 3.05) is 23.0 Å². The Morgan fingerprint density at radius 3 is 2.89 bits per heavy atom. The van der Waals surface area contributed by atoms with E-state index in [2.05, 4.69) is 20.8 Å². The van der Waals surface area contributed by atoms with Crippen molar-refractivity contribution in [3.05, 3.63) is 53.8 Å². The van der Waals surface area contributed by atoms with Crippen LogP contribution in [0.5, 0.6) is 5.75 Å². The molecule has 2 aromatic carbocycles. The summed E-state index contributed by atoms with van der Waals surface area (Å²) < 4.78 is 18.9.